The molecule has 0 bridgehead atoms. The Morgan fingerprint density at radius 1 is 0.274 bits per heavy atom. The van der Waals surface area contributed by atoms with Gasteiger partial charge < -0.3 is 47.4 Å². The Bertz CT molecular complexity index is 6480. The number of carbonyl (C=O) groups excluding carboxylic acids is 10. The van der Waals surface area contributed by atoms with Crippen molar-refractivity contribution in [3.8, 4) is 84.4 Å². The van der Waals surface area contributed by atoms with Crippen LogP contribution in [-0.4, -0.2) is 59.7 Å². The number of aryl methyl sites for hydroxylation is 1. The normalized spacial score (nSPS) is 15.0. The third kappa shape index (κ3) is 25.1. The minimum atomic E-state index is -0.672. The maximum absolute atomic E-state index is 14.7. The number of carbonyl (C=O) groups is 10. The van der Waals surface area contributed by atoms with Gasteiger partial charge in [0.1, 0.15) is 59.3 Å². The second-order valence-corrected chi connectivity index (χ2v) is 33.0. The summed E-state index contributed by atoms with van der Waals surface area (Å²) in [7, 11) is 0. The molecule has 0 heterocycles. The zero-order chi connectivity index (χ0) is 97.8. The molecule has 15 rings (SSSR count). The van der Waals surface area contributed by atoms with Crippen LogP contribution in [0.15, 0.2) is 317 Å². The summed E-state index contributed by atoms with van der Waals surface area (Å²) in [5, 5.41) is 0. The maximum atomic E-state index is 14.7. The quantitative estimate of drug-likeness (QED) is 0.0223. The lowest BCUT2D eigenvalue weighted by Gasteiger charge is -2.15. The van der Waals surface area contributed by atoms with Crippen molar-refractivity contribution in [3.63, 3.8) is 0 Å². The highest BCUT2D eigenvalue weighted by Crippen LogP contribution is 2.47. The molecule has 10 aromatic rings. The van der Waals surface area contributed by atoms with Gasteiger partial charge in [0.15, 0.2) is 11.6 Å². The van der Waals surface area contributed by atoms with Crippen LogP contribution in [0.5, 0.6) is 28.7 Å². The molecule has 0 radical (unpaired) electrons. The molecular weight excluding hydrogens is 1720 g/mol. The van der Waals surface area contributed by atoms with Crippen molar-refractivity contribution in [2.45, 2.75) is 150 Å². The van der Waals surface area contributed by atoms with Gasteiger partial charge in [0.2, 0.25) is 0 Å². The molecule has 690 valence electrons. The minimum Gasteiger partial charge on any atom is -0.454 e. The molecule has 5 atom stereocenters. The van der Waals surface area contributed by atoms with Crippen LogP contribution in [0.3, 0.4) is 0 Å². The van der Waals surface area contributed by atoms with Gasteiger partial charge >= 0.3 is 59.7 Å². The second kappa shape index (κ2) is 45.3. The predicted molar refractivity (Wildman–Crippen MR) is 512 cm³/mol. The van der Waals surface area contributed by atoms with Crippen molar-refractivity contribution < 1.29 is 104 Å². The first-order valence-corrected chi connectivity index (χ1v) is 43.6. The molecular formula is C113H104F2O20. The molecule has 135 heavy (non-hydrogen) atoms. The minimum absolute atomic E-state index is 0.120. The molecule has 0 fully saturated rings. The first-order valence-electron chi connectivity index (χ1n) is 43.6. The molecule has 5 aliphatic rings. The molecule has 0 aromatic heterocycles. The second-order valence-electron chi connectivity index (χ2n) is 33.0. The number of fused-ring (bicyclic) bond motifs is 5. The Morgan fingerprint density at radius 2 is 0.541 bits per heavy atom. The lowest BCUT2D eigenvalue weighted by atomic mass is 9.93. The van der Waals surface area contributed by atoms with Crippen molar-refractivity contribution in [2.75, 3.05) is 0 Å². The predicted octanol–water partition coefficient (Wildman–Crippen LogP) is 24.1. The number of hydrogen-bond acceptors (Lipinski definition) is 20. The molecule has 0 spiro atoms. The van der Waals surface area contributed by atoms with Crippen LogP contribution in [0.25, 0.3) is 55.6 Å². The summed E-state index contributed by atoms with van der Waals surface area (Å²) in [6.07, 6.45) is 9.58. The largest absolute Gasteiger partial charge is 0.454 e. The van der Waals surface area contributed by atoms with Gasteiger partial charge in [0.05, 0.1) is 0 Å². The van der Waals surface area contributed by atoms with Crippen LogP contribution in [0.4, 0.5) is 8.78 Å². The van der Waals surface area contributed by atoms with Crippen molar-refractivity contribution in [3.05, 3.63) is 390 Å². The highest BCUT2D eigenvalue weighted by atomic mass is 19.1. The number of benzene rings is 10. The Hall–Kier alpha value is -15.8. The summed E-state index contributed by atoms with van der Waals surface area (Å²) in [6.45, 7) is 48.5. The van der Waals surface area contributed by atoms with E-state index in [0.717, 1.165) is 140 Å². The molecule has 0 aliphatic heterocycles. The summed E-state index contributed by atoms with van der Waals surface area (Å²) >= 11 is 0. The van der Waals surface area contributed by atoms with E-state index in [1.807, 2.05) is 122 Å². The zero-order valence-electron chi connectivity index (χ0n) is 76.7. The van der Waals surface area contributed by atoms with E-state index in [9.17, 15) is 56.7 Å². The summed E-state index contributed by atoms with van der Waals surface area (Å²) in [4.78, 5) is 116. The van der Waals surface area contributed by atoms with Crippen molar-refractivity contribution in [2.24, 2.45) is 0 Å². The molecule has 10 aromatic carbocycles. The number of halogens is 2. The van der Waals surface area contributed by atoms with E-state index in [2.05, 4.69) is 77.9 Å². The van der Waals surface area contributed by atoms with Crippen LogP contribution in [0.2, 0.25) is 0 Å². The highest BCUT2D eigenvalue weighted by Gasteiger charge is 2.34. The van der Waals surface area contributed by atoms with E-state index in [1.54, 1.807) is 83.1 Å². The summed E-state index contributed by atoms with van der Waals surface area (Å²) in [5.74, 6) is -4.35. The molecule has 0 saturated heterocycles. The fourth-order valence-corrected chi connectivity index (χ4v) is 15.9. The van der Waals surface area contributed by atoms with Crippen LogP contribution < -0.4 is 23.7 Å². The van der Waals surface area contributed by atoms with E-state index >= 15 is 0 Å². The Morgan fingerprint density at radius 3 is 0.852 bits per heavy atom. The Kier molecular flexibility index (Phi) is 33.5. The zero-order valence-corrected chi connectivity index (χ0v) is 76.7. The van der Waals surface area contributed by atoms with E-state index in [1.165, 1.54) is 54.8 Å². The van der Waals surface area contributed by atoms with Gasteiger partial charge in [-0.3, -0.25) is 0 Å². The topological polar surface area (TPSA) is 263 Å². The maximum Gasteiger partial charge on any atom is 0.338 e. The smallest absolute Gasteiger partial charge is 0.338 e. The number of rotatable bonds is 25. The first kappa shape index (κ1) is 99.7. The van der Waals surface area contributed by atoms with Gasteiger partial charge in [0, 0.05) is 68.9 Å². The standard InChI is InChI=1S/C24H24O4.C23H22O4.2C22H19FO4.C22H20O4/c1-14(2)23(25)27-17-9-10-18(16(5)13-17)19-7-6-8-21-20(19)11-12-22(21)28-24(26)15(3)4;1-14(2)22(24)26-17-10-8-16(9-11-17)18-6-5-7-20-19(18)12-13-21(20)27-23(25)15(3)4;1-4-21(24)26-19-11-9-16-15(6-5-7-17(16)19)14-8-10-20(18(23)12-14)27-22(25)13(2)3;1-4-21(24)27-20-11-10-16-15(6-5-7-18(16)20)17-9-8-14(12-19(17)23)26-22(25)13(2)3;1-4-21(23)26-20-13-12-18-17(6-5-7-19(18)20)15-8-10-16(11-9-15)25-22(24)14(2)3/h6-10,13,22H,1,3,11-12H2,2,4-5H3;5-11,21H,1,3,12-13H2,2,4H3;4-8,10,12,19H,1-2,9,11H2,3H3;4-9,12,20H,1-2,10-11H2,3H3;4-11,20H,1-2,12-13H2,3H3. The van der Waals surface area contributed by atoms with Crippen LogP contribution in [0, 0.1) is 18.6 Å². The summed E-state index contributed by atoms with van der Waals surface area (Å²) in [5.41, 5.74) is 22.8. The highest BCUT2D eigenvalue weighted by molar-refractivity contribution is 5.93. The average molecular weight is 1820 g/mol. The van der Waals surface area contributed by atoms with E-state index in [0.29, 0.717) is 81.9 Å². The van der Waals surface area contributed by atoms with E-state index in [-0.39, 0.29) is 65.1 Å². The van der Waals surface area contributed by atoms with Gasteiger partial charge in [-0.05, 0) is 292 Å². The van der Waals surface area contributed by atoms with Gasteiger partial charge in [0.25, 0.3) is 0 Å². The van der Waals surface area contributed by atoms with Gasteiger partial charge in [-0.25, -0.2) is 56.7 Å². The third-order valence-electron chi connectivity index (χ3n) is 22.6. The molecule has 5 aliphatic carbocycles. The number of ether oxygens (including phenoxy) is 10. The number of esters is 10. The summed E-state index contributed by atoms with van der Waals surface area (Å²) < 4.78 is 82.3. The van der Waals surface area contributed by atoms with Crippen molar-refractivity contribution in [1.29, 1.82) is 0 Å². The summed E-state index contributed by atoms with van der Waals surface area (Å²) in [6, 6.07) is 58.4. The lowest BCUT2D eigenvalue weighted by molar-refractivity contribution is -0.145. The molecule has 5 unspecified atom stereocenters. The van der Waals surface area contributed by atoms with Crippen LogP contribution in [-0.2, 0) is 104 Å². The van der Waals surface area contributed by atoms with Crippen molar-refractivity contribution >= 4 is 59.7 Å². The van der Waals surface area contributed by atoms with E-state index < -0.39 is 59.4 Å². The van der Waals surface area contributed by atoms with Crippen LogP contribution in [0.1, 0.15) is 172 Å². The molecule has 0 amide bonds. The fraction of sp³-hybridized carbons (Fsp3) is 0.204. The molecule has 20 nitrogen and oxygen atoms in total. The van der Waals surface area contributed by atoms with Gasteiger partial charge in [-0.2, -0.15) is 0 Å². The number of hydrogen-bond donors (Lipinski definition) is 0. The molecule has 22 heteroatoms. The SMILES string of the molecule is C=C(C)C(=O)Oc1ccc(-c2cccc3c2CCC3OC(=O)C(=C)C)c(C)c1.C=C(C)C(=O)Oc1ccc(-c2cccc3c2CCC3OC(=O)C(=C)C)cc1.C=CC(=O)OC1CCc2c(-c3ccc(OC(=O)C(=C)C)c(F)c3)cccc21.C=CC(=O)OC1CCc2c(-c3ccc(OC(=O)C(=C)C)cc3)cccc21.C=CC(=O)OC1CCc2c(-c3ccc(OC(=O)C(=C)C)cc3F)cccc21. The first-order chi connectivity index (χ1) is 64.4. The monoisotopic (exact) mass is 1820 g/mol. The molecule has 0 N–H and O–H groups in total. The fourth-order valence-electron chi connectivity index (χ4n) is 15.9. The third-order valence-corrected chi connectivity index (χ3v) is 22.6. The van der Waals surface area contributed by atoms with Gasteiger partial charge in [-0.1, -0.05) is 193 Å². The molecule has 0 saturated carbocycles. The Labute approximate surface area is 783 Å². The van der Waals surface area contributed by atoms with Crippen LogP contribution >= 0.6 is 0 Å². The lowest BCUT2D eigenvalue weighted by Crippen LogP contribution is -2.09. The van der Waals surface area contributed by atoms with Crippen molar-refractivity contribution in [1.82, 2.24) is 0 Å². The average Bonchev–Trinajstić information content (AvgIpc) is 1.71. The van der Waals surface area contributed by atoms with E-state index in [4.69, 9.17) is 47.4 Å². The van der Waals surface area contributed by atoms with Gasteiger partial charge in [-0.15, -0.1) is 0 Å². The Balaban J connectivity index is 0.000000162.